The van der Waals surface area contributed by atoms with Crippen LogP contribution in [0.15, 0.2) is 48.5 Å². The molecule has 3 rings (SSSR count). The molecule has 0 unspecified atom stereocenters. The lowest BCUT2D eigenvalue weighted by molar-refractivity contribution is 0.0931. The van der Waals surface area contributed by atoms with Gasteiger partial charge in [-0.1, -0.05) is 6.07 Å². The summed E-state index contributed by atoms with van der Waals surface area (Å²) in [5.41, 5.74) is 6.87. The van der Waals surface area contributed by atoms with Crippen molar-refractivity contribution in [1.82, 2.24) is 5.32 Å². The Kier molecular flexibility index (Phi) is 4.97. The molecule has 0 aromatic heterocycles. The Balaban J connectivity index is 1.64. The molecule has 2 amide bonds. The lowest BCUT2D eigenvalue weighted by atomic mass is 10.0. The number of rotatable bonds is 4. The maximum absolute atomic E-state index is 13.4. The third kappa shape index (κ3) is 4.15. The van der Waals surface area contributed by atoms with E-state index in [1.807, 2.05) is 6.07 Å². The minimum atomic E-state index is -0.523. The van der Waals surface area contributed by atoms with Crippen LogP contribution in [-0.4, -0.2) is 30.9 Å². The second-order valence-corrected chi connectivity index (χ2v) is 6.18. The van der Waals surface area contributed by atoms with E-state index in [0.29, 0.717) is 17.7 Å². The molecule has 6 heteroatoms. The number of piperidine rings is 1. The minimum absolute atomic E-state index is 0.0136. The van der Waals surface area contributed by atoms with Crippen LogP contribution in [0, 0.1) is 5.82 Å². The molecule has 1 aliphatic heterocycles. The average molecular weight is 341 g/mol. The summed E-state index contributed by atoms with van der Waals surface area (Å²) in [6.45, 7) is 1.47. The number of nitrogens with two attached hydrogens (primary N) is 1. The second-order valence-electron chi connectivity index (χ2n) is 6.18. The quantitative estimate of drug-likeness (QED) is 0.896. The number of primary amides is 1. The van der Waals surface area contributed by atoms with E-state index in [0.717, 1.165) is 25.1 Å². The highest BCUT2D eigenvalue weighted by atomic mass is 19.1. The van der Waals surface area contributed by atoms with Crippen LogP contribution >= 0.6 is 0 Å². The van der Waals surface area contributed by atoms with Gasteiger partial charge in [-0.05, 0) is 55.3 Å². The summed E-state index contributed by atoms with van der Waals surface area (Å²) in [7, 11) is 0. The van der Waals surface area contributed by atoms with Gasteiger partial charge in [0.2, 0.25) is 5.91 Å². The molecule has 130 valence electrons. The molecule has 1 heterocycles. The number of amides is 2. The molecule has 0 saturated carbocycles. The number of nitrogens with zero attached hydrogens (tertiary/aromatic N) is 1. The molecule has 2 aromatic rings. The van der Waals surface area contributed by atoms with Crippen molar-refractivity contribution >= 4 is 17.5 Å². The van der Waals surface area contributed by atoms with Gasteiger partial charge in [0.15, 0.2) is 0 Å². The number of carbonyl (C=O) groups excluding carboxylic acids is 2. The Labute approximate surface area is 145 Å². The Morgan fingerprint density at radius 3 is 2.52 bits per heavy atom. The number of hydrogen-bond donors (Lipinski definition) is 2. The predicted octanol–water partition coefficient (Wildman–Crippen LogP) is 2.32. The molecule has 1 saturated heterocycles. The molecule has 1 aliphatic rings. The fraction of sp³-hybridized carbons (Fsp3) is 0.263. The van der Waals surface area contributed by atoms with Gasteiger partial charge in [0, 0.05) is 35.9 Å². The van der Waals surface area contributed by atoms with Crippen molar-refractivity contribution in [1.29, 1.82) is 0 Å². The van der Waals surface area contributed by atoms with Gasteiger partial charge in [0.05, 0.1) is 0 Å². The van der Waals surface area contributed by atoms with Crippen LogP contribution in [-0.2, 0) is 0 Å². The van der Waals surface area contributed by atoms with Crippen LogP contribution in [0.1, 0.15) is 33.6 Å². The molecule has 1 atom stereocenters. The highest BCUT2D eigenvalue weighted by Gasteiger charge is 2.22. The first-order chi connectivity index (χ1) is 12.0. The van der Waals surface area contributed by atoms with Gasteiger partial charge in [-0.2, -0.15) is 0 Å². The fourth-order valence-corrected chi connectivity index (χ4v) is 3.06. The summed E-state index contributed by atoms with van der Waals surface area (Å²) in [6.07, 6.45) is 1.79. The topological polar surface area (TPSA) is 75.4 Å². The number of anilines is 1. The Bertz CT molecular complexity index is 776. The molecule has 25 heavy (non-hydrogen) atoms. The van der Waals surface area contributed by atoms with Crippen LogP contribution in [0.4, 0.5) is 10.1 Å². The third-order valence-electron chi connectivity index (χ3n) is 4.36. The van der Waals surface area contributed by atoms with E-state index in [4.69, 9.17) is 5.73 Å². The number of benzene rings is 2. The van der Waals surface area contributed by atoms with Gasteiger partial charge in [-0.3, -0.25) is 9.59 Å². The zero-order valence-corrected chi connectivity index (χ0v) is 13.7. The van der Waals surface area contributed by atoms with Gasteiger partial charge in [0.25, 0.3) is 5.91 Å². The van der Waals surface area contributed by atoms with Crippen molar-refractivity contribution in [3.63, 3.8) is 0 Å². The van der Waals surface area contributed by atoms with E-state index in [-0.39, 0.29) is 17.8 Å². The Morgan fingerprint density at radius 2 is 1.84 bits per heavy atom. The summed E-state index contributed by atoms with van der Waals surface area (Å²) < 4.78 is 13.4. The zero-order valence-electron chi connectivity index (χ0n) is 13.7. The molecule has 0 spiro atoms. The first kappa shape index (κ1) is 17.0. The van der Waals surface area contributed by atoms with E-state index in [1.165, 1.54) is 24.3 Å². The van der Waals surface area contributed by atoms with Crippen LogP contribution in [0.2, 0.25) is 0 Å². The summed E-state index contributed by atoms with van der Waals surface area (Å²) in [5.74, 6) is -0.981. The second kappa shape index (κ2) is 7.34. The van der Waals surface area contributed by atoms with Crippen molar-refractivity contribution in [2.75, 3.05) is 18.0 Å². The lowest BCUT2D eigenvalue weighted by Crippen LogP contribution is -2.47. The molecule has 3 N–H and O–H groups in total. The van der Waals surface area contributed by atoms with Crippen molar-refractivity contribution in [2.24, 2.45) is 5.73 Å². The maximum atomic E-state index is 13.4. The molecule has 5 nitrogen and oxygen atoms in total. The Hall–Kier alpha value is -2.89. The van der Waals surface area contributed by atoms with E-state index in [1.54, 1.807) is 18.2 Å². The van der Waals surface area contributed by atoms with Crippen LogP contribution in [0.25, 0.3) is 0 Å². The highest BCUT2D eigenvalue weighted by Crippen LogP contribution is 2.21. The molecular formula is C19H20FN3O2. The lowest BCUT2D eigenvalue weighted by Gasteiger charge is -2.34. The first-order valence-electron chi connectivity index (χ1n) is 8.24. The van der Waals surface area contributed by atoms with Crippen molar-refractivity contribution < 1.29 is 14.0 Å². The van der Waals surface area contributed by atoms with Crippen LogP contribution < -0.4 is 16.0 Å². The van der Waals surface area contributed by atoms with Gasteiger partial charge < -0.3 is 16.0 Å². The third-order valence-corrected chi connectivity index (χ3v) is 4.36. The van der Waals surface area contributed by atoms with Crippen LogP contribution in [0.5, 0.6) is 0 Å². The Morgan fingerprint density at radius 1 is 1.12 bits per heavy atom. The number of nitrogens with one attached hydrogen (secondary N) is 1. The monoisotopic (exact) mass is 341 g/mol. The number of halogens is 1. The van der Waals surface area contributed by atoms with Gasteiger partial charge in [-0.15, -0.1) is 0 Å². The van der Waals surface area contributed by atoms with Gasteiger partial charge in [0.1, 0.15) is 5.82 Å². The fourth-order valence-electron chi connectivity index (χ4n) is 3.06. The van der Waals surface area contributed by atoms with Gasteiger partial charge >= 0.3 is 0 Å². The summed E-state index contributed by atoms with van der Waals surface area (Å²) in [5, 5.41) is 3.01. The minimum Gasteiger partial charge on any atom is -0.369 e. The zero-order chi connectivity index (χ0) is 17.8. The largest absolute Gasteiger partial charge is 0.369 e. The number of hydrogen-bond acceptors (Lipinski definition) is 3. The van der Waals surface area contributed by atoms with Crippen molar-refractivity contribution in [3.8, 4) is 0 Å². The van der Waals surface area contributed by atoms with Crippen molar-refractivity contribution in [2.45, 2.75) is 18.9 Å². The summed E-state index contributed by atoms with van der Waals surface area (Å²) >= 11 is 0. The van der Waals surface area contributed by atoms with Crippen molar-refractivity contribution in [3.05, 3.63) is 65.5 Å². The summed E-state index contributed by atoms with van der Waals surface area (Å²) in [6, 6.07) is 12.7. The average Bonchev–Trinajstić information content (AvgIpc) is 2.62. The smallest absolute Gasteiger partial charge is 0.251 e. The standard InChI is InChI=1S/C19H20FN3O2/c20-15-3-1-5-17(11-15)23-10-2-4-16(12-23)22-19(25)14-8-6-13(7-9-14)18(21)24/h1,3,5-9,11,16H,2,4,10,12H2,(H2,21,24)(H,22,25)/t16-/m0/s1. The van der Waals surface area contributed by atoms with E-state index < -0.39 is 5.91 Å². The molecule has 0 bridgehead atoms. The van der Waals surface area contributed by atoms with E-state index in [9.17, 15) is 14.0 Å². The SMILES string of the molecule is NC(=O)c1ccc(C(=O)N[C@H]2CCCN(c3cccc(F)c3)C2)cc1. The summed E-state index contributed by atoms with van der Waals surface area (Å²) in [4.78, 5) is 25.5. The molecule has 1 fully saturated rings. The highest BCUT2D eigenvalue weighted by molar-refractivity contribution is 5.97. The molecule has 0 radical (unpaired) electrons. The first-order valence-corrected chi connectivity index (χ1v) is 8.24. The maximum Gasteiger partial charge on any atom is 0.251 e. The van der Waals surface area contributed by atoms with E-state index in [2.05, 4.69) is 10.2 Å². The van der Waals surface area contributed by atoms with E-state index >= 15 is 0 Å². The number of carbonyl (C=O) groups is 2. The molecule has 0 aliphatic carbocycles. The van der Waals surface area contributed by atoms with Crippen LogP contribution in [0.3, 0.4) is 0 Å². The molecular weight excluding hydrogens is 321 g/mol. The molecule has 2 aromatic carbocycles. The van der Waals surface area contributed by atoms with Gasteiger partial charge in [-0.25, -0.2) is 4.39 Å². The normalized spacial score (nSPS) is 17.2. The predicted molar refractivity (Wildman–Crippen MR) is 94.1 cm³/mol.